The average Bonchev–Trinajstić information content (AvgIpc) is 2.97. The Morgan fingerprint density at radius 1 is 0.396 bits per heavy atom. The highest BCUT2D eigenvalue weighted by Crippen LogP contribution is 2.38. The van der Waals surface area contributed by atoms with Gasteiger partial charge < -0.3 is 0 Å². The Morgan fingerprint density at radius 3 is 0.979 bits per heavy atom. The molecule has 0 heterocycles. The van der Waals surface area contributed by atoms with E-state index in [4.69, 9.17) is 0 Å². The number of hydrogen-bond acceptors (Lipinski definition) is 2. The lowest BCUT2D eigenvalue weighted by Crippen LogP contribution is -2.15. The summed E-state index contributed by atoms with van der Waals surface area (Å²) >= 11 is 7.43. The first-order valence-corrected chi connectivity index (χ1v) is 18.3. The topological polar surface area (TPSA) is 34.1 Å². The van der Waals surface area contributed by atoms with Crippen LogP contribution in [0.2, 0.25) is 0 Å². The Bertz CT molecular complexity index is 1940. The first-order valence-electron chi connectivity index (χ1n) is 16.7. The van der Waals surface area contributed by atoms with E-state index in [9.17, 15) is 9.59 Å². The van der Waals surface area contributed by atoms with Gasteiger partial charge >= 0.3 is 0 Å². The summed E-state index contributed by atoms with van der Waals surface area (Å²) in [5.74, 6) is -0.174. The van der Waals surface area contributed by atoms with Crippen molar-refractivity contribution in [3.63, 3.8) is 0 Å². The van der Waals surface area contributed by atoms with Crippen molar-refractivity contribution in [2.75, 3.05) is 0 Å². The molecule has 0 aliphatic carbocycles. The fraction of sp³-hybridized carbons (Fsp3) is 0.364. The first-order chi connectivity index (χ1) is 22.0. The third-order valence-corrected chi connectivity index (χ3v) is 10.7. The highest BCUT2D eigenvalue weighted by molar-refractivity contribution is 9.11. The molecule has 48 heavy (non-hydrogen) atoms. The minimum atomic E-state index is -0.146. The summed E-state index contributed by atoms with van der Waals surface area (Å²) in [7, 11) is 0. The maximum absolute atomic E-state index is 14.5. The molecule has 0 spiro atoms. The van der Waals surface area contributed by atoms with Crippen molar-refractivity contribution in [2.45, 2.75) is 105 Å². The smallest absolute Gasteiger partial charge is 0.194 e. The Kier molecular flexibility index (Phi) is 9.32. The van der Waals surface area contributed by atoms with Crippen molar-refractivity contribution in [3.05, 3.63) is 126 Å². The van der Waals surface area contributed by atoms with Crippen LogP contribution >= 0.6 is 31.9 Å². The molecule has 0 saturated carbocycles. The van der Waals surface area contributed by atoms with E-state index in [1.54, 1.807) is 12.1 Å². The van der Waals surface area contributed by atoms with Gasteiger partial charge in [-0.05, 0) is 89.7 Å². The molecule has 0 N–H and O–H groups in total. The lowest BCUT2D eigenvalue weighted by molar-refractivity contribution is 0.102. The van der Waals surface area contributed by atoms with E-state index in [1.165, 1.54) is 11.1 Å². The van der Waals surface area contributed by atoms with Crippen molar-refractivity contribution in [3.8, 4) is 0 Å². The molecule has 0 fully saturated rings. The van der Waals surface area contributed by atoms with Gasteiger partial charge in [-0.1, -0.05) is 163 Å². The number of benzene rings is 5. The number of ketones is 2. The van der Waals surface area contributed by atoms with Gasteiger partial charge in [0.25, 0.3) is 0 Å². The number of rotatable bonds is 4. The lowest BCUT2D eigenvalue weighted by Gasteiger charge is -2.24. The normalized spacial score (nSPS) is 13.0. The first kappa shape index (κ1) is 36.2. The monoisotopic (exact) mass is 766 g/mol. The second-order valence-corrected chi connectivity index (χ2v) is 19.1. The average molecular weight is 769 g/mol. The molecule has 0 amide bonds. The SMILES string of the molecule is CC(C)(C)c1ccc2c(C(=O)c3cc(Br)c(C(=O)c4cc(C(C)(C)C)cc5cc(C(C)(C)C)ccc45)cc3Br)cc(C(C)(C)C)cc2c1. The number of halogens is 2. The predicted octanol–water partition coefficient (Wildman–Crippen LogP) is 13.2. The summed E-state index contributed by atoms with van der Waals surface area (Å²) < 4.78 is 1.18. The summed E-state index contributed by atoms with van der Waals surface area (Å²) in [5.41, 5.74) is 6.66. The highest BCUT2D eigenvalue weighted by Gasteiger charge is 2.26. The highest BCUT2D eigenvalue weighted by atomic mass is 79.9. The third-order valence-electron chi connectivity index (χ3n) is 9.40. The van der Waals surface area contributed by atoms with E-state index in [0.29, 0.717) is 31.2 Å². The number of carbonyl (C=O) groups excluding carboxylic acids is 2. The summed E-state index contributed by atoms with van der Waals surface area (Å²) in [6, 6.07) is 25.0. The molecule has 0 aliphatic heterocycles. The van der Waals surface area contributed by atoms with Gasteiger partial charge in [-0.15, -0.1) is 0 Å². The van der Waals surface area contributed by atoms with E-state index in [2.05, 4.69) is 163 Å². The molecule has 5 aromatic rings. The van der Waals surface area contributed by atoms with E-state index >= 15 is 0 Å². The Balaban J connectivity index is 1.65. The third kappa shape index (κ3) is 7.12. The van der Waals surface area contributed by atoms with E-state index in [1.807, 2.05) is 12.1 Å². The molecule has 0 bridgehead atoms. The maximum Gasteiger partial charge on any atom is 0.194 e. The molecular formula is C44H48Br2O2. The van der Waals surface area contributed by atoms with Crippen molar-refractivity contribution in [1.82, 2.24) is 0 Å². The zero-order chi connectivity index (χ0) is 35.7. The van der Waals surface area contributed by atoms with Crippen LogP contribution in [-0.2, 0) is 21.7 Å². The van der Waals surface area contributed by atoms with Crippen molar-refractivity contribution in [2.24, 2.45) is 0 Å². The van der Waals surface area contributed by atoms with Gasteiger partial charge in [0.15, 0.2) is 11.6 Å². The second-order valence-electron chi connectivity index (χ2n) is 17.4. The largest absolute Gasteiger partial charge is 0.289 e. The van der Waals surface area contributed by atoms with Crippen LogP contribution in [0.5, 0.6) is 0 Å². The molecule has 0 radical (unpaired) electrons. The minimum Gasteiger partial charge on any atom is -0.289 e. The summed E-state index contributed by atoms with van der Waals surface area (Å²) in [6.45, 7) is 26.3. The predicted molar refractivity (Wildman–Crippen MR) is 211 cm³/mol. The van der Waals surface area contributed by atoms with Gasteiger partial charge in [0, 0.05) is 31.2 Å². The molecule has 0 atom stereocenters. The van der Waals surface area contributed by atoms with E-state index < -0.39 is 0 Å². The Labute approximate surface area is 304 Å². The van der Waals surface area contributed by atoms with Crippen LogP contribution in [0, 0.1) is 0 Å². The molecule has 5 rings (SSSR count). The molecule has 5 aromatic carbocycles. The van der Waals surface area contributed by atoms with Crippen LogP contribution in [0.15, 0.2) is 81.7 Å². The van der Waals surface area contributed by atoms with Crippen molar-refractivity contribution in [1.29, 1.82) is 0 Å². The standard InChI is InChI=1S/C44H48Br2O2/c1-41(2,3)27-13-15-31-25(17-27)19-29(43(7,8)9)21-33(31)39(47)35-23-38(46)36(24-37(35)45)40(48)34-22-30(44(10,11)12)20-26-18-28(42(4,5)6)14-16-32(26)34/h13-24H,1-12H3. The van der Waals surface area contributed by atoms with Gasteiger partial charge in [-0.2, -0.15) is 0 Å². The summed E-state index contributed by atoms with van der Waals surface area (Å²) in [6.07, 6.45) is 0. The molecule has 2 nitrogen and oxygen atoms in total. The Hall–Kier alpha value is -3.08. The molecule has 4 heteroatoms. The fourth-order valence-corrected chi connectivity index (χ4v) is 7.15. The van der Waals surface area contributed by atoms with Gasteiger partial charge in [-0.25, -0.2) is 0 Å². The fourth-order valence-electron chi connectivity index (χ4n) is 6.10. The molecular weight excluding hydrogens is 720 g/mol. The van der Waals surface area contributed by atoms with Crippen molar-refractivity contribution < 1.29 is 9.59 Å². The van der Waals surface area contributed by atoms with E-state index in [0.717, 1.165) is 32.7 Å². The van der Waals surface area contributed by atoms with Crippen LogP contribution in [0.25, 0.3) is 21.5 Å². The van der Waals surface area contributed by atoms with Crippen LogP contribution in [-0.4, -0.2) is 11.6 Å². The van der Waals surface area contributed by atoms with Crippen LogP contribution < -0.4 is 0 Å². The molecule has 250 valence electrons. The van der Waals surface area contributed by atoms with E-state index in [-0.39, 0.29) is 33.2 Å². The van der Waals surface area contributed by atoms with Crippen LogP contribution in [0.3, 0.4) is 0 Å². The lowest BCUT2D eigenvalue weighted by atomic mass is 9.80. The molecule has 0 saturated heterocycles. The summed E-state index contributed by atoms with van der Waals surface area (Å²) in [4.78, 5) is 28.9. The van der Waals surface area contributed by atoms with Gasteiger partial charge in [-0.3, -0.25) is 9.59 Å². The summed E-state index contributed by atoms with van der Waals surface area (Å²) in [5, 5.41) is 3.95. The van der Waals surface area contributed by atoms with Crippen LogP contribution in [0.1, 0.15) is 137 Å². The number of hydrogen-bond donors (Lipinski definition) is 0. The maximum atomic E-state index is 14.5. The van der Waals surface area contributed by atoms with Gasteiger partial charge in [0.05, 0.1) is 0 Å². The zero-order valence-corrected chi connectivity index (χ0v) is 33.7. The zero-order valence-electron chi connectivity index (χ0n) is 30.5. The quantitative estimate of drug-likeness (QED) is 0.171. The molecule has 0 unspecified atom stereocenters. The van der Waals surface area contributed by atoms with Gasteiger partial charge in [0.2, 0.25) is 0 Å². The Morgan fingerprint density at radius 2 is 0.688 bits per heavy atom. The van der Waals surface area contributed by atoms with Crippen LogP contribution in [0.4, 0.5) is 0 Å². The number of carbonyl (C=O) groups is 2. The number of fused-ring (bicyclic) bond motifs is 2. The van der Waals surface area contributed by atoms with Crippen molar-refractivity contribution >= 4 is 65.0 Å². The second kappa shape index (κ2) is 12.4. The molecule has 0 aromatic heterocycles. The minimum absolute atomic E-state index is 0.0149. The van der Waals surface area contributed by atoms with Gasteiger partial charge in [0.1, 0.15) is 0 Å². The molecule has 0 aliphatic rings.